The molecule has 5 rings (SSSR count). The monoisotopic (exact) mass is 428 g/mol. The van der Waals surface area contributed by atoms with Crippen LogP contribution in [0.2, 0.25) is 0 Å². The molecule has 2 heterocycles. The van der Waals surface area contributed by atoms with Gasteiger partial charge in [-0.1, -0.05) is 18.2 Å². The molecular weight excluding hydrogens is 409 g/mol. The number of hydrogen-bond donors (Lipinski definition) is 2. The molecule has 160 valence electrons. The minimum atomic E-state index is -4.53. The summed E-state index contributed by atoms with van der Waals surface area (Å²) < 4.78 is 37.8. The molecule has 2 saturated carbocycles. The number of nitrogens with zero attached hydrogens (tertiary/aromatic N) is 2. The van der Waals surface area contributed by atoms with Gasteiger partial charge in [-0.2, -0.15) is 18.3 Å². The first-order chi connectivity index (χ1) is 14.7. The van der Waals surface area contributed by atoms with E-state index in [1.807, 2.05) is 18.2 Å². The number of aromatic amines is 1. The van der Waals surface area contributed by atoms with Crippen LogP contribution < -0.4 is 10.9 Å². The van der Waals surface area contributed by atoms with Gasteiger partial charge in [0.05, 0.1) is 16.6 Å². The van der Waals surface area contributed by atoms with Gasteiger partial charge in [0, 0.05) is 23.5 Å². The largest absolute Gasteiger partial charge is 0.433 e. The van der Waals surface area contributed by atoms with Crippen molar-refractivity contribution in [2.45, 2.75) is 43.8 Å². The number of nitrogens with one attached hydrogen (secondary N) is 2. The van der Waals surface area contributed by atoms with Crippen LogP contribution in [0.1, 0.15) is 53.3 Å². The van der Waals surface area contributed by atoms with E-state index in [-0.39, 0.29) is 28.5 Å². The molecule has 0 bridgehead atoms. The first-order valence-corrected chi connectivity index (χ1v) is 10.1. The third-order valence-electron chi connectivity index (χ3n) is 6.48. The Kier molecular flexibility index (Phi) is 4.39. The van der Waals surface area contributed by atoms with E-state index in [0.29, 0.717) is 5.39 Å². The van der Waals surface area contributed by atoms with E-state index in [0.717, 1.165) is 55.1 Å². The third-order valence-corrected chi connectivity index (χ3v) is 6.48. The summed E-state index contributed by atoms with van der Waals surface area (Å²) in [5.74, 6) is -0.150. The molecule has 0 aliphatic heterocycles. The molecule has 31 heavy (non-hydrogen) atoms. The van der Waals surface area contributed by atoms with Crippen molar-refractivity contribution in [3.05, 3.63) is 69.9 Å². The Hall–Kier alpha value is -3.23. The Labute approximate surface area is 174 Å². The van der Waals surface area contributed by atoms with Crippen LogP contribution in [0, 0.1) is 5.41 Å². The van der Waals surface area contributed by atoms with Gasteiger partial charge in [-0.25, -0.2) is 5.10 Å². The number of aromatic nitrogens is 3. The van der Waals surface area contributed by atoms with Crippen molar-refractivity contribution in [3.63, 3.8) is 0 Å². The number of alkyl halides is 3. The Balaban J connectivity index is 1.19. The summed E-state index contributed by atoms with van der Waals surface area (Å²) in [6.45, 7) is 0. The number of pyridine rings is 1. The number of rotatable bonds is 3. The molecule has 2 aromatic heterocycles. The highest BCUT2D eigenvalue weighted by Crippen LogP contribution is 2.62. The third kappa shape index (κ3) is 3.47. The Morgan fingerprint density at radius 1 is 1.06 bits per heavy atom. The Morgan fingerprint density at radius 2 is 1.77 bits per heavy atom. The lowest BCUT2D eigenvalue weighted by molar-refractivity contribution is -0.141. The molecule has 3 aromatic rings. The molecule has 0 atom stereocenters. The molecule has 0 saturated heterocycles. The number of hydrogen-bond acceptors (Lipinski definition) is 4. The van der Waals surface area contributed by atoms with E-state index in [4.69, 9.17) is 0 Å². The topological polar surface area (TPSA) is 87.7 Å². The number of benzene rings is 1. The van der Waals surface area contributed by atoms with Gasteiger partial charge in [0.1, 0.15) is 5.69 Å². The van der Waals surface area contributed by atoms with Crippen LogP contribution in [0.5, 0.6) is 0 Å². The maximum atomic E-state index is 12.6. The molecule has 1 spiro atoms. The van der Waals surface area contributed by atoms with Gasteiger partial charge < -0.3 is 5.32 Å². The van der Waals surface area contributed by atoms with Crippen LogP contribution in [0.4, 0.5) is 13.2 Å². The number of H-pyrrole nitrogens is 1. The molecule has 2 aliphatic rings. The number of fused-ring (bicyclic) bond motifs is 1. The van der Waals surface area contributed by atoms with Gasteiger partial charge in [0.2, 0.25) is 0 Å². The van der Waals surface area contributed by atoms with E-state index in [1.54, 1.807) is 6.07 Å². The molecule has 0 unspecified atom stereocenters. The summed E-state index contributed by atoms with van der Waals surface area (Å²) in [4.78, 5) is 27.6. The van der Waals surface area contributed by atoms with E-state index in [9.17, 15) is 22.8 Å². The maximum absolute atomic E-state index is 12.6. The van der Waals surface area contributed by atoms with Crippen LogP contribution >= 0.6 is 0 Å². The Bertz CT molecular complexity index is 1210. The number of amides is 1. The lowest BCUT2D eigenvalue weighted by Gasteiger charge is -2.57. The second kappa shape index (κ2) is 6.90. The smallest absolute Gasteiger partial charge is 0.349 e. The Morgan fingerprint density at radius 3 is 2.42 bits per heavy atom. The lowest BCUT2D eigenvalue weighted by Crippen LogP contribution is -2.55. The molecule has 2 N–H and O–H groups in total. The van der Waals surface area contributed by atoms with E-state index >= 15 is 0 Å². The van der Waals surface area contributed by atoms with E-state index < -0.39 is 17.8 Å². The molecule has 9 heteroatoms. The zero-order valence-electron chi connectivity index (χ0n) is 16.4. The average molecular weight is 428 g/mol. The minimum Gasteiger partial charge on any atom is -0.349 e. The van der Waals surface area contributed by atoms with Crippen LogP contribution in [-0.2, 0) is 6.18 Å². The summed E-state index contributed by atoms with van der Waals surface area (Å²) in [5, 5.41) is 11.3. The number of halogens is 3. The predicted molar refractivity (Wildman–Crippen MR) is 106 cm³/mol. The second-order valence-electron chi connectivity index (χ2n) is 8.60. The normalized spacial score (nSPS) is 25.1. The fourth-order valence-corrected chi connectivity index (χ4v) is 5.01. The molecule has 1 aromatic carbocycles. The van der Waals surface area contributed by atoms with E-state index in [2.05, 4.69) is 20.5 Å². The predicted octanol–water partition coefficient (Wildman–Crippen LogP) is 3.79. The van der Waals surface area contributed by atoms with Crippen molar-refractivity contribution in [2.75, 3.05) is 0 Å². The highest BCUT2D eigenvalue weighted by molar-refractivity contribution is 5.94. The van der Waals surface area contributed by atoms with Crippen molar-refractivity contribution >= 4 is 16.7 Å². The fourth-order valence-electron chi connectivity index (χ4n) is 5.01. The van der Waals surface area contributed by atoms with Crippen molar-refractivity contribution in [3.8, 4) is 0 Å². The summed E-state index contributed by atoms with van der Waals surface area (Å²) >= 11 is 0. The second-order valence-corrected chi connectivity index (χ2v) is 8.60. The lowest BCUT2D eigenvalue weighted by atomic mass is 9.49. The number of carbonyl (C=O) groups is 1. The summed E-state index contributed by atoms with van der Waals surface area (Å²) in [5.41, 5.74) is -0.0403. The standard InChI is InChI=1S/C22H19F3N4O2/c23-22(24,25)17-6-5-12(11-26-17)19(30)27-14-9-21(10-14)7-13(8-21)18-15-3-1-2-4-16(15)20(31)29-28-18/h1-6,11,13-14H,7-10H2,(H,27,30)(H,29,31). The molecule has 2 fully saturated rings. The molecule has 0 radical (unpaired) electrons. The van der Waals surface area contributed by atoms with Crippen LogP contribution in [-0.4, -0.2) is 27.1 Å². The van der Waals surface area contributed by atoms with Crippen molar-refractivity contribution < 1.29 is 18.0 Å². The summed E-state index contributed by atoms with van der Waals surface area (Å²) in [6, 6.07) is 9.39. The average Bonchev–Trinajstić information content (AvgIpc) is 2.69. The molecule has 1 amide bonds. The van der Waals surface area contributed by atoms with Crippen LogP contribution in [0.15, 0.2) is 47.4 Å². The fraction of sp³-hybridized carbons (Fsp3) is 0.364. The zero-order valence-corrected chi connectivity index (χ0v) is 16.4. The highest BCUT2D eigenvalue weighted by atomic mass is 19.4. The first kappa shape index (κ1) is 19.7. The molecule has 2 aliphatic carbocycles. The molecule has 6 nitrogen and oxygen atoms in total. The zero-order chi connectivity index (χ0) is 21.8. The minimum absolute atomic E-state index is 0.00368. The van der Waals surface area contributed by atoms with Crippen LogP contribution in [0.25, 0.3) is 10.8 Å². The highest BCUT2D eigenvalue weighted by Gasteiger charge is 2.54. The first-order valence-electron chi connectivity index (χ1n) is 10.1. The van der Waals surface area contributed by atoms with E-state index in [1.165, 1.54) is 0 Å². The maximum Gasteiger partial charge on any atom is 0.433 e. The van der Waals surface area contributed by atoms with Crippen molar-refractivity contribution in [1.82, 2.24) is 20.5 Å². The van der Waals surface area contributed by atoms with Crippen LogP contribution in [0.3, 0.4) is 0 Å². The number of carbonyl (C=O) groups excluding carboxylic acids is 1. The van der Waals surface area contributed by atoms with Crippen molar-refractivity contribution in [2.24, 2.45) is 5.41 Å². The van der Waals surface area contributed by atoms with Gasteiger partial charge in [0.25, 0.3) is 11.5 Å². The quantitative estimate of drug-likeness (QED) is 0.665. The van der Waals surface area contributed by atoms with Gasteiger partial charge in [-0.15, -0.1) is 0 Å². The van der Waals surface area contributed by atoms with Crippen molar-refractivity contribution in [1.29, 1.82) is 0 Å². The van der Waals surface area contributed by atoms with Gasteiger partial charge in [-0.05, 0) is 49.3 Å². The van der Waals surface area contributed by atoms with Gasteiger partial charge in [0.15, 0.2) is 0 Å². The van der Waals surface area contributed by atoms with Gasteiger partial charge >= 0.3 is 6.18 Å². The summed E-state index contributed by atoms with van der Waals surface area (Å²) in [7, 11) is 0. The summed E-state index contributed by atoms with van der Waals surface area (Å²) in [6.07, 6.45) is -0.0509. The SMILES string of the molecule is O=C(NC1CC2(C1)CC(c1n[nH]c(=O)c3ccccc13)C2)c1ccc(C(F)(F)F)nc1. The van der Waals surface area contributed by atoms with Gasteiger partial charge in [-0.3, -0.25) is 14.6 Å². The molecular formula is C22H19F3N4O2.